The molecule has 1 N–H and O–H groups in total. The number of benzene rings is 1. The lowest BCUT2D eigenvalue weighted by Gasteiger charge is -2.35. The smallest absolute Gasteiger partial charge is 0.245 e. The zero-order valence-corrected chi connectivity index (χ0v) is 13.7. The highest BCUT2D eigenvalue weighted by atomic mass is 35.5. The molecule has 0 saturated carbocycles. The maximum absolute atomic E-state index is 12.6. The summed E-state index contributed by atoms with van der Waals surface area (Å²) in [4.78, 5) is 25.2. The summed E-state index contributed by atoms with van der Waals surface area (Å²) in [5.41, 5.74) is 0.836. The molecule has 7 heteroatoms. The molecule has 0 bridgehead atoms. The molecule has 2 amide bonds. The minimum Gasteiger partial charge on any atom is -0.377 e. The van der Waals surface area contributed by atoms with E-state index < -0.39 is 6.04 Å². The molecular formula is C15H18Cl2N2O3. The van der Waals surface area contributed by atoms with Gasteiger partial charge >= 0.3 is 0 Å². The van der Waals surface area contributed by atoms with Gasteiger partial charge in [0.05, 0.1) is 29.3 Å². The van der Waals surface area contributed by atoms with Crippen molar-refractivity contribution in [2.75, 3.05) is 19.8 Å². The lowest BCUT2D eigenvalue weighted by Crippen LogP contribution is -2.54. The summed E-state index contributed by atoms with van der Waals surface area (Å²) < 4.78 is 5.33. The van der Waals surface area contributed by atoms with E-state index in [1.165, 1.54) is 0 Å². The largest absolute Gasteiger partial charge is 0.377 e. The van der Waals surface area contributed by atoms with E-state index in [1.807, 2.05) is 6.92 Å². The van der Waals surface area contributed by atoms with Gasteiger partial charge in [-0.3, -0.25) is 9.59 Å². The molecule has 5 nitrogen and oxygen atoms in total. The summed E-state index contributed by atoms with van der Waals surface area (Å²) in [7, 11) is 0. The minimum atomic E-state index is -0.629. The molecule has 1 heterocycles. The molecule has 2 rings (SSSR count). The van der Waals surface area contributed by atoms with E-state index in [0.717, 1.165) is 5.56 Å². The Labute approximate surface area is 139 Å². The maximum atomic E-state index is 12.6. The molecule has 2 unspecified atom stereocenters. The second kappa shape index (κ2) is 7.81. The minimum absolute atomic E-state index is 0.00833. The Balaban J connectivity index is 2.12. The maximum Gasteiger partial charge on any atom is 0.245 e. The van der Waals surface area contributed by atoms with Gasteiger partial charge < -0.3 is 15.0 Å². The molecule has 1 aromatic rings. The first-order valence-electron chi connectivity index (χ1n) is 7.04. The van der Waals surface area contributed by atoms with Crippen molar-refractivity contribution in [1.82, 2.24) is 10.2 Å². The summed E-state index contributed by atoms with van der Waals surface area (Å²) in [5, 5.41) is 3.48. The Morgan fingerprint density at radius 1 is 1.50 bits per heavy atom. The highest BCUT2D eigenvalue weighted by molar-refractivity contribution is 6.42. The molecule has 0 radical (unpaired) electrons. The topological polar surface area (TPSA) is 58.6 Å². The van der Waals surface area contributed by atoms with E-state index in [4.69, 9.17) is 27.9 Å². The van der Waals surface area contributed by atoms with Crippen LogP contribution in [0.4, 0.5) is 0 Å². The molecule has 1 aromatic carbocycles. The van der Waals surface area contributed by atoms with Crippen LogP contribution in [0.5, 0.6) is 0 Å². The number of amides is 2. The third kappa shape index (κ3) is 4.12. The number of carbonyl (C=O) groups is 2. The van der Waals surface area contributed by atoms with Crippen LogP contribution in [0, 0.1) is 0 Å². The van der Waals surface area contributed by atoms with E-state index in [0.29, 0.717) is 42.6 Å². The van der Waals surface area contributed by atoms with E-state index in [1.54, 1.807) is 23.1 Å². The Bertz CT molecular complexity index is 554. The molecule has 0 spiro atoms. The molecule has 22 heavy (non-hydrogen) atoms. The van der Waals surface area contributed by atoms with Crippen molar-refractivity contribution in [3.63, 3.8) is 0 Å². The molecule has 1 fully saturated rings. The van der Waals surface area contributed by atoms with Gasteiger partial charge in [-0.05, 0) is 24.6 Å². The van der Waals surface area contributed by atoms with Gasteiger partial charge in [-0.25, -0.2) is 0 Å². The number of nitrogens with one attached hydrogen (secondary N) is 1. The lowest BCUT2D eigenvalue weighted by atomic mass is 10.0. The number of rotatable bonds is 5. The summed E-state index contributed by atoms with van der Waals surface area (Å²) in [6.45, 7) is 3.47. The third-order valence-electron chi connectivity index (χ3n) is 3.64. The summed E-state index contributed by atoms with van der Waals surface area (Å²) >= 11 is 11.9. The monoisotopic (exact) mass is 344 g/mol. The summed E-state index contributed by atoms with van der Waals surface area (Å²) in [5.74, 6) is -0.117. The van der Waals surface area contributed by atoms with Crippen LogP contribution >= 0.6 is 23.2 Å². The summed E-state index contributed by atoms with van der Waals surface area (Å²) in [6, 6.07) is 4.54. The average Bonchev–Trinajstić information content (AvgIpc) is 2.50. The first-order valence-corrected chi connectivity index (χ1v) is 7.80. The fraction of sp³-hybridized carbons (Fsp3) is 0.467. The van der Waals surface area contributed by atoms with Gasteiger partial charge in [0.25, 0.3) is 0 Å². The molecule has 0 aromatic heterocycles. The van der Waals surface area contributed by atoms with Crippen molar-refractivity contribution < 1.29 is 14.3 Å². The van der Waals surface area contributed by atoms with E-state index in [9.17, 15) is 9.59 Å². The number of halogens is 2. The molecule has 1 saturated heterocycles. The highest BCUT2D eigenvalue weighted by Crippen LogP contribution is 2.23. The number of ether oxygens (including phenoxy) is 1. The van der Waals surface area contributed by atoms with Crippen molar-refractivity contribution in [2.45, 2.75) is 25.4 Å². The predicted molar refractivity (Wildman–Crippen MR) is 85.1 cm³/mol. The number of hydrogen-bond acceptors (Lipinski definition) is 3. The SMILES string of the molecule is CC1COCCN1C(=O)C(Cc1ccc(Cl)c(Cl)c1)NC=O. The fourth-order valence-electron chi connectivity index (χ4n) is 2.46. The normalized spacial score (nSPS) is 19.6. The van der Waals surface area contributed by atoms with E-state index >= 15 is 0 Å². The zero-order chi connectivity index (χ0) is 16.1. The zero-order valence-electron chi connectivity index (χ0n) is 12.2. The van der Waals surface area contributed by atoms with Gasteiger partial charge in [0.1, 0.15) is 6.04 Å². The van der Waals surface area contributed by atoms with Crippen molar-refractivity contribution in [2.24, 2.45) is 0 Å². The average molecular weight is 345 g/mol. The van der Waals surface area contributed by atoms with Crippen LogP contribution in [0.2, 0.25) is 10.0 Å². The Morgan fingerprint density at radius 2 is 2.27 bits per heavy atom. The first kappa shape index (κ1) is 17.1. The van der Waals surface area contributed by atoms with Gasteiger partial charge in [-0.15, -0.1) is 0 Å². The molecule has 120 valence electrons. The Morgan fingerprint density at radius 3 is 2.91 bits per heavy atom. The van der Waals surface area contributed by atoms with Crippen molar-refractivity contribution in [1.29, 1.82) is 0 Å². The molecule has 2 atom stereocenters. The highest BCUT2D eigenvalue weighted by Gasteiger charge is 2.29. The molecule has 0 aliphatic carbocycles. The third-order valence-corrected chi connectivity index (χ3v) is 4.38. The van der Waals surface area contributed by atoms with Crippen LogP contribution in [-0.2, 0) is 20.7 Å². The van der Waals surface area contributed by atoms with Crippen molar-refractivity contribution in [3.05, 3.63) is 33.8 Å². The lowest BCUT2D eigenvalue weighted by molar-refractivity contribution is -0.142. The fourth-order valence-corrected chi connectivity index (χ4v) is 2.78. The number of morpholine rings is 1. The van der Waals surface area contributed by atoms with Gasteiger partial charge in [0.15, 0.2) is 0 Å². The second-order valence-corrected chi connectivity index (χ2v) is 6.06. The predicted octanol–water partition coefficient (Wildman–Crippen LogP) is 1.90. The van der Waals surface area contributed by atoms with E-state index in [-0.39, 0.29) is 11.9 Å². The van der Waals surface area contributed by atoms with Gasteiger partial charge in [0, 0.05) is 13.0 Å². The number of nitrogens with zero attached hydrogens (tertiary/aromatic N) is 1. The summed E-state index contributed by atoms with van der Waals surface area (Å²) in [6.07, 6.45) is 0.906. The van der Waals surface area contributed by atoms with Crippen LogP contribution < -0.4 is 5.32 Å². The van der Waals surface area contributed by atoms with Gasteiger partial charge in [-0.2, -0.15) is 0 Å². The van der Waals surface area contributed by atoms with Crippen LogP contribution in [0.3, 0.4) is 0 Å². The van der Waals surface area contributed by atoms with Crippen LogP contribution in [0.25, 0.3) is 0 Å². The first-order chi connectivity index (χ1) is 10.5. The molecule has 1 aliphatic rings. The van der Waals surface area contributed by atoms with Crippen molar-refractivity contribution >= 4 is 35.5 Å². The van der Waals surface area contributed by atoms with Crippen molar-refractivity contribution in [3.8, 4) is 0 Å². The Kier molecular flexibility index (Phi) is 6.06. The second-order valence-electron chi connectivity index (χ2n) is 5.25. The van der Waals surface area contributed by atoms with Crippen LogP contribution in [0.1, 0.15) is 12.5 Å². The van der Waals surface area contributed by atoms with Gasteiger partial charge in [0.2, 0.25) is 12.3 Å². The molecular weight excluding hydrogens is 327 g/mol. The molecule has 1 aliphatic heterocycles. The number of carbonyl (C=O) groups excluding carboxylic acids is 2. The quantitative estimate of drug-likeness (QED) is 0.830. The van der Waals surface area contributed by atoms with Crippen LogP contribution in [0.15, 0.2) is 18.2 Å². The Hall–Kier alpha value is -1.30. The van der Waals surface area contributed by atoms with Crippen LogP contribution in [-0.4, -0.2) is 49.1 Å². The van der Waals surface area contributed by atoms with E-state index in [2.05, 4.69) is 5.32 Å². The number of hydrogen-bond donors (Lipinski definition) is 1. The van der Waals surface area contributed by atoms with Gasteiger partial charge in [-0.1, -0.05) is 29.3 Å². The standard InChI is InChI=1S/C15H18Cl2N2O3/c1-10-8-22-5-4-19(10)15(21)14(18-9-20)7-11-2-3-12(16)13(17)6-11/h2-3,6,9-10,14H,4-5,7-8H2,1H3,(H,18,20).